The van der Waals surface area contributed by atoms with Gasteiger partial charge in [0.2, 0.25) is 21.8 Å². The molecule has 0 aliphatic rings. The van der Waals surface area contributed by atoms with Crippen molar-refractivity contribution in [3.05, 3.63) is 97.9 Å². The predicted octanol–water partition coefficient (Wildman–Crippen LogP) is 7.40. The first-order valence-corrected chi connectivity index (χ1v) is 17.2. The van der Waals surface area contributed by atoms with Gasteiger partial charge in [0.25, 0.3) is 0 Å². The Morgan fingerprint density at radius 1 is 0.860 bits per heavy atom. The second kappa shape index (κ2) is 16.5. The Balaban J connectivity index is 1.91. The SMILES string of the molecule is CCCCNC(=O)[C@@H](Cc1ccccc1)N(Cc1ccc(Cl)c(Cl)c1)C(=O)CCCN(c1cc(Cl)ccc1Cl)S(C)(=O)=O. The van der Waals surface area contributed by atoms with Gasteiger partial charge in [0.15, 0.2) is 0 Å². The van der Waals surface area contributed by atoms with Crippen LogP contribution in [0.15, 0.2) is 66.7 Å². The second-order valence-electron chi connectivity index (χ2n) is 10.2. The maximum Gasteiger partial charge on any atom is 0.243 e. The molecular formula is C31H35Cl4N3O4S. The number of sulfonamides is 1. The average Bonchev–Trinajstić information content (AvgIpc) is 2.96. The fourth-order valence-corrected chi connectivity index (χ4v) is 6.28. The van der Waals surface area contributed by atoms with Gasteiger partial charge >= 0.3 is 0 Å². The van der Waals surface area contributed by atoms with Gasteiger partial charge in [-0.3, -0.25) is 13.9 Å². The fourth-order valence-electron chi connectivity index (χ4n) is 4.55. The van der Waals surface area contributed by atoms with Gasteiger partial charge in [0, 0.05) is 37.5 Å². The molecule has 0 saturated carbocycles. The zero-order chi connectivity index (χ0) is 31.6. The molecule has 0 fully saturated rings. The highest BCUT2D eigenvalue weighted by molar-refractivity contribution is 7.92. The Labute approximate surface area is 274 Å². The van der Waals surface area contributed by atoms with Crippen molar-refractivity contribution in [2.75, 3.05) is 23.7 Å². The molecule has 0 bridgehead atoms. The van der Waals surface area contributed by atoms with Crippen molar-refractivity contribution in [1.82, 2.24) is 10.2 Å². The maximum atomic E-state index is 13.9. The number of rotatable bonds is 15. The summed E-state index contributed by atoms with van der Waals surface area (Å²) in [7, 11) is -3.74. The van der Waals surface area contributed by atoms with E-state index in [-0.39, 0.29) is 48.5 Å². The molecule has 1 atom stereocenters. The van der Waals surface area contributed by atoms with Gasteiger partial charge < -0.3 is 10.2 Å². The zero-order valence-corrected chi connectivity index (χ0v) is 27.9. The van der Waals surface area contributed by atoms with Crippen molar-refractivity contribution < 1.29 is 18.0 Å². The monoisotopic (exact) mass is 685 g/mol. The minimum atomic E-state index is -3.74. The minimum Gasteiger partial charge on any atom is -0.354 e. The van der Waals surface area contributed by atoms with Crippen LogP contribution in [0.4, 0.5) is 5.69 Å². The predicted molar refractivity (Wildman–Crippen MR) is 177 cm³/mol. The third kappa shape index (κ3) is 10.6. The normalized spacial score (nSPS) is 12.0. The largest absolute Gasteiger partial charge is 0.354 e. The Bertz CT molecular complexity index is 1510. The number of amides is 2. The molecule has 12 heteroatoms. The molecule has 43 heavy (non-hydrogen) atoms. The number of nitrogens with zero attached hydrogens (tertiary/aromatic N) is 2. The summed E-state index contributed by atoms with van der Waals surface area (Å²) < 4.78 is 26.5. The standard InChI is InChI=1S/C31H35Cl4N3O4S/c1-3-4-16-36-31(40)29(19-22-9-6-5-7-10-22)37(21-23-12-14-25(33)27(35)18-23)30(39)11-8-17-38(43(2,41)42)28-20-24(32)13-15-26(28)34/h5-7,9-10,12-15,18,20,29H,3-4,8,11,16-17,19,21H2,1-2H3,(H,36,40)/t29-/m1/s1. The molecule has 0 aliphatic heterocycles. The molecule has 232 valence electrons. The van der Waals surface area contributed by atoms with E-state index in [0.29, 0.717) is 33.6 Å². The molecule has 0 unspecified atom stereocenters. The summed E-state index contributed by atoms with van der Waals surface area (Å²) in [5.41, 5.74) is 1.82. The molecule has 7 nitrogen and oxygen atoms in total. The van der Waals surface area contributed by atoms with Crippen molar-refractivity contribution in [3.63, 3.8) is 0 Å². The average molecular weight is 688 g/mol. The van der Waals surface area contributed by atoms with E-state index >= 15 is 0 Å². The van der Waals surface area contributed by atoms with E-state index in [2.05, 4.69) is 5.32 Å². The summed E-state index contributed by atoms with van der Waals surface area (Å²) >= 11 is 24.8. The van der Waals surface area contributed by atoms with Gasteiger partial charge in [-0.1, -0.05) is 96.1 Å². The molecule has 3 aromatic rings. The molecule has 0 radical (unpaired) electrons. The van der Waals surface area contributed by atoms with Gasteiger partial charge in [0.1, 0.15) is 6.04 Å². The van der Waals surface area contributed by atoms with Crippen molar-refractivity contribution in [3.8, 4) is 0 Å². The number of unbranched alkanes of at least 4 members (excludes halogenated alkanes) is 1. The molecule has 3 aromatic carbocycles. The first kappa shape index (κ1) is 35.0. The molecule has 0 aromatic heterocycles. The van der Waals surface area contributed by atoms with Crippen molar-refractivity contribution >= 4 is 73.9 Å². The Morgan fingerprint density at radius 2 is 1.56 bits per heavy atom. The molecular weight excluding hydrogens is 652 g/mol. The van der Waals surface area contributed by atoms with E-state index in [4.69, 9.17) is 46.4 Å². The molecule has 2 amide bonds. The molecule has 0 aliphatic carbocycles. The number of anilines is 1. The lowest BCUT2D eigenvalue weighted by molar-refractivity contribution is -0.141. The van der Waals surface area contributed by atoms with Crippen LogP contribution < -0.4 is 9.62 Å². The number of nitrogens with one attached hydrogen (secondary N) is 1. The third-order valence-electron chi connectivity index (χ3n) is 6.77. The first-order valence-electron chi connectivity index (χ1n) is 13.9. The number of benzene rings is 3. The van der Waals surface area contributed by atoms with Gasteiger partial charge in [-0.25, -0.2) is 8.42 Å². The highest BCUT2D eigenvalue weighted by Gasteiger charge is 2.30. The van der Waals surface area contributed by atoms with E-state index in [9.17, 15) is 18.0 Å². The molecule has 0 saturated heterocycles. The topological polar surface area (TPSA) is 86.8 Å². The number of carbonyl (C=O) groups excluding carboxylic acids is 2. The lowest BCUT2D eigenvalue weighted by Crippen LogP contribution is -2.50. The van der Waals surface area contributed by atoms with Crippen molar-refractivity contribution in [2.45, 2.75) is 51.6 Å². The van der Waals surface area contributed by atoms with Crippen LogP contribution in [-0.2, 0) is 32.6 Å². The van der Waals surface area contributed by atoms with Crippen molar-refractivity contribution in [1.29, 1.82) is 0 Å². The Morgan fingerprint density at radius 3 is 2.21 bits per heavy atom. The molecule has 3 rings (SSSR count). The smallest absolute Gasteiger partial charge is 0.243 e. The summed E-state index contributed by atoms with van der Waals surface area (Å²) in [6, 6.07) is 18.3. The van der Waals surface area contributed by atoms with Crippen LogP contribution in [0.2, 0.25) is 20.1 Å². The highest BCUT2D eigenvalue weighted by Crippen LogP contribution is 2.31. The number of halogens is 4. The van der Waals surface area contributed by atoms with Crippen molar-refractivity contribution in [2.24, 2.45) is 0 Å². The first-order chi connectivity index (χ1) is 20.4. The van der Waals surface area contributed by atoms with E-state index in [1.165, 1.54) is 17.0 Å². The van der Waals surface area contributed by atoms with Crippen LogP contribution in [0.5, 0.6) is 0 Å². The zero-order valence-electron chi connectivity index (χ0n) is 24.0. The van der Waals surface area contributed by atoms with Crippen LogP contribution >= 0.6 is 46.4 Å². The second-order valence-corrected chi connectivity index (χ2v) is 13.7. The van der Waals surface area contributed by atoms with Crippen LogP contribution in [0.25, 0.3) is 0 Å². The van der Waals surface area contributed by atoms with E-state index < -0.39 is 16.1 Å². The van der Waals surface area contributed by atoms with E-state index in [1.807, 2.05) is 37.3 Å². The summed E-state index contributed by atoms with van der Waals surface area (Å²) in [4.78, 5) is 29.0. The summed E-state index contributed by atoms with van der Waals surface area (Å²) in [5, 5.41) is 4.23. The number of hydrogen-bond donors (Lipinski definition) is 1. The summed E-state index contributed by atoms with van der Waals surface area (Å²) in [5.74, 6) is -0.586. The van der Waals surface area contributed by atoms with Crippen LogP contribution in [-0.4, -0.2) is 50.5 Å². The minimum absolute atomic E-state index is 0.0166. The van der Waals surface area contributed by atoms with Crippen LogP contribution in [0, 0.1) is 0 Å². The Hall–Kier alpha value is -2.49. The molecule has 1 N–H and O–H groups in total. The van der Waals surface area contributed by atoms with E-state index in [0.717, 1.165) is 29.0 Å². The number of hydrogen-bond acceptors (Lipinski definition) is 4. The van der Waals surface area contributed by atoms with Gasteiger partial charge in [-0.2, -0.15) is 0 Å². The maximum absolute atomic E-state index is 13.9. The van der Waals surface area contributed by atoms with Crippen LogP contribution in [0.3, 0.4) is 0 Å². The van der Waals surface area contributed by atoms with Crippen LogP contribution in [0.1, 0.15) is 43.7 Å². The fraction of sp³-hybridized carbons (Fsp3) is 0.355. The van der Waals surface area contributed by atoms with Gasteiger partial charge in [-0.15, -0.1) is 0 Å². The highest BCUT2D eigenvalue weighted by atomic mass is 35.5. The van der Waals surface area contributed by atoms with Gasteiger partial charge in [-0.05, 0) is 54.3 Å². The van der Waals surface area contributed by atoms with Gasteiger partial charge in [0.05, 0.1) is 27.0 Å². The molecule has 0 spiro atoms. The lowest BCUT2D eigenvalue weighted by Gasteiger charge is -2.32. The summed E-state index contributed by atoms with van der Waals surface area (Å²) in [6.45, 7) is 2.60. The third-order valence-corrected chi connectivity index (χ3v) is 9.24. The quantitative estimate of drug-likeness (QED) is 0.169. The molecule has 0 heterocycles. The number of carbonyl (C=O) groups is 2. The Kier molecular flexibility index (Phi) is 13.5. The van der Waals surface area contributed by atoms with E-state index in [1.54, 1.807) is 24.3 Å². The lowest BCUT2D eigenvalue weighted by atomic mass is 10.0. The summed E-state index contributed by atoms with van der Waals surface area (Å²) in [6.07, 6.45) is 3.21.